The summed E-state index contributed by atoms with van der Waals surface area (Å²) in [5, 5.41) is 6.59. The fourth-order valence-corrected chi connectivity index (χ4v) is 3.44. The summed E-state index contributed by atoms with van der Waals surface area (Å²) in [5.74, 6) is 0.215. The van der Waals surface area contributed by atoms with E-state index >= 15 is 0 Å². The van der Waals surface area contributed by atoms with E-state index in [-0.39, 0.29) is 11.9 Å². The van der Waals surface area contributed by atoms with Gasteiger partial charge in [0.05, 0.1) is 10.7 Å². The predicted molar refractivity (Wildman–Crippen MR) is 113 cm³/mol. The van der Waals surface area contributed by atoms with Crippen LogP contribution < -0.4 is 10.6 Å². The van der Waals surface area contributed by atoms with Crippen LogP contribution in [0, 0.1) is 0 Å². The third-order valence-electron chi connectivity index (χ3n) is 4.30. The lowest BCUT2D eigenvalue weighted by atomic mass is 9.88. The first-order valence-electron chi connectivity index (χ1n) is 8.73. The summed E-state index contributed by atoms with van der Waals surface area (Å²) in [7, 11) is 0. The van der Waals surface area contributed by atoms with Crippen molar-refractivity contribution in [3.63, 3.8) is 0 Å². The third kappa shape index (κ3) is 5.49. The topological polar surface area (TPSA) is 41.1 Å². The molecule has 3 aromatic rings. The minimum absolute atomic E-state index is 0.215. The molecule has 0 saturated heterocycles. The number of urea groups is 1. The molecule has 0 saturated carbocycles. The number of rotatable bonds is 6. The second kappa shape index (κ2) is 9.45. The maximum Gasteiger partial charge on any atom is 0.319 e. The quantitative estimate of drug-likeness (QED) is 0.499. The summed E-state index contributed by atoms with van der Waals surface area (Å²) in [6, 6.07) is 25.3. The van der Waals surface area contributed by atoms with Gasteiger partial charge in [-0.3, -0.25) is 0 Å². The molecule has 138 valence electrons. The Morgan fingerprint density at radius 3 is 2.00 bits per heavy atom. The van der Waals surface area contributed by atoms with Crippen LogP contribution in [0.2, 0.25) is 10.0 Å². The maximum atomic E-state index is 12.2. The van der Waals surface area contributed by atoms with Crippen LogP contribution in [0.15, 0.2) is 78.9 Å². The molecule has 0 aliphatic rings. The highest BCUT2D eigenvalue weighted by Crippen LogP contribution is 2.28. The van der Waals surface area contributed by atoms with E-state index in [9.17, 15) is 4.79 Å². The van der Waals surface area contributed by atoms with E-state index in [0.29, 0.717) is 22.3 Å². The highest BCUT2D eigenvalue weighted by Gasteiger charge is 2.14. The van der Waals surface area contributed by atoms with Crippen molar-refractivity contribution in [2.45, 2.75) is 12.3 Å². The zero-order chi connectivity index (χ0) is 19.1. The molecule has 0 heterocycles. The Hall–Kier alpha value is -2.49. The number of anilines is 1. The van der Waals surface area contributed by atoms with E-state index < -0.39 is 0 Å². The minimum Gasteiger partial charge on any atom is -0.338 e. The van der Waals surface area contributed by atoms with Crippen LogP contribution in [0.5, 0.6) is 0 Å². The zero-order valence-corrected chi connectivity index (χ0v) is 16.2. The van der Waals surface area contributed by atoms with Crippen molar-refractivity contribution >= 4 is 34.9 Å². The van der Waals surface area contributed by atoms with Gasteiger partial charge in [0.15, 0.2) is 0 Å². The predicted octanol–water partition coefficient (Wildman–Crippen LogP) is 6.34. The molecular weight excluding hydrogens is 379 g/mol. The summed E-state index contributed by atoms with van der Waals surface area (Å²) in [6.07, 6.45) is 0.787. The molecule has 0 unspecified atom stereocenters. The fraction of sp³-hybridized carbons (Fsp3) is 0.136. The number of carbonyl (C=O) groups is 1. The Morgan fingerprint density at radius 1 is 0.852 bits per heavy atom. The van der Waals surface area contributed by atoms with Gasteiger partial charge >= 0.3 is 6.03 Å². The Labute approximate surface area is 169 Å². The first kappa shape index (κ1) is 19.3. The van der Waals surface area contributed by atoms with Gasteiger partial charge in [-0.25, -0.2) is 4.79 Å². The van der Waals surface area contributed by atoms with Gasteiger partial charge in [0.25, 0.3) is 0 Å². The molecule has 27 heavy (non-hydrogen) atoms. The lowest BCUT2D eigenvalue weighted by molar-refractivity contribution is 0.252. The number of amides is 2. The van der Waals surface area contributed by atoms with E-state index in [4.69, 9.17) is 23.2 Å². The number of hydrogen-bond acceptors (Lipinski definition) is 1. The van der Waals surface area contributed by atoms with Gasteiger partial charge in [0.1, 0.15) is 0 Å². The smallest absolute Gasteiger partial charge is 0.319 e. The van der Waals surface area contributed by atoms with Crippen molar-refractivity contribution < 1.29 is 4.79 Å². The monoisotopic (exact) mass is 398 g/mol. The molecule has 0 aliphatic heterocycles. The first-order chi connectivity index (χ1) is 13.1. The molecule has 2 N–H and O–H groups in total. The van der Waals surface area contributed by atoms with Crippen molar-refractivity contribution in [2.24, 2.45) is 0 Å². The van der Waals surface area contributed by atoms with Crippen LogP contribution in [-0.4, -0.2) is 12.6 Å². The second-order valence-electron chi connectivity index (χ2n) is 6.17. The number of benzene rings is 3. The van der Waals surface area contributed by atoms with Crippen LogP contribution in [0.25, 0.3) is 0 Å². The van der Waals surface area contributed by atoms with Crippen LogP contribution in [-0.2, 0) is 0 Å². The van der Waals surface area contributed by atoms with Crippen molar-refractivity contribution in [3.8, 4) is 0 Å². The highest BCUT2D eigenvalue weighted by atomic mass is 35.5. The van der Waals surface area contributed by atoms with Crippen LogP contribution in [0.3, 0.4) is 0 Å². The Morgan fingerprint density at radius 2 is 1.44 bits per heavy atom. The first-order valence-corrected chi connectivity index (χ1v) is 9.49. The fourth-order valence-electron chi connectivity index (χ4n) is 2.98. The van der Waals surface area contributed by atoms with Gasteiger partial charge in [-0.2, -0.15) is 0 Å². The van der Waals surface area contributed by atoms with Gasteiger partial charge in [-0.05, 0) is 35.7 Å². The van der Waals surface area contributed by atoms with E-state index in [0.717, 1.165) is 6.42 Å². The third-order valence-corrected chi connectivity index (χ3v) is 4.85. The summed E-state index contributed by atoms with van der Waals surface area (Å²) >= 11 is 12.0. The molecule has 3 rings (SSSR count). The van der Waals surface area contributed by atoms with E-state index in [1.165, 1.54) is 11.1 Å². The molecule has 5 heteroatoms. The summed E-state index contributed by atoms with van der Waals surface area (Å²) < 4.78 is 0. The summed E-state index contributed by atoms with van der Waals surface area (Å²) in [6.45, 7) is 0.533. The highest BCUT2D eigenvalue weighted by molar-refractivity contribution is 6.36. The normalized spacial score (nSPS) is 10.6. The van der Waals surface area contributed by atoms with Crippen LogP contribution in [0.4, 0.5) is 10.5 Å². The molecule has 3 aromatic carbocycles. The van der Waals surface area contributed by atoms with Crippen LogP contribution >= 0.6 is 23.2 Å². The maximum absolute atomic E-state index is 12.2. The van der Waals surface area contributed by atoms with Crippen molar-refractivity contribution in [1.82, 2.24) is 5.32 Å². The van der Waals surface area contributed by atoms with E-state index in [2.05, 4.69) is 34.9 Å². The van der Waals surface area contributed by atoms with Gasteiger partial charge < -0.3 is 10.6 Å². The number of carbonyl (C=O) groups excluding carboxylic acids is 1. The number of hydrogen-bond donors (Lipinski definition) is 2. The molecule has 2 amide bonds. The summed E-state index contributed by atoms with van der Waals surface area (Å²) in [4.78, 5) is 12.2. The molecule has 0 aliphatic carbocycles. The van der Waals surface area contributed by atoms with Gasteiger partial charge in [-0.1, -0.05) is 83.9 Å². The van der Waals surface area contributed by atoms with Crippen molar-refractivity contribution in [1.29, 1.82) is 0 Å². The Bertz CT molecular complexity index is 846. The minimum atomic E-state index is -0.293. The van der Waals surface area contributed by atoms with E-state index in [1.807, 2.05) is 36.4 Å². The van der Waals surface area contributed by atoms with Gasteiger partial charge in [0.2, 0.25) is 0 Å². The van der Waals surface area contributed by atoms with Crippen molar-refractivity contribution in [2.75, 3.05) is 11.9 Å². The largest absolute Gasteiger partial charge is 0.338 e. The van der Waals surface area contributed by atoms with Gasteiger partial charge in [-0.15, -0.1) is 0 Å². The molecule has 0 aromatic heterocycles. The van der Waals surface area contributed by atoms with Gasteiger partial charge in [0, 0.05) is 17.5 Å². The lowest BCUT2D eigenvalue weighted by Crippen LogP contribution is -2.30. The van der Waals surface area contributed by atoms with E-state index in [1.54, 1.807) is 18.2 Å². The molecule has 0 fully saturated rings. The zero-order valence-electron chi connectivity index (χ0n) is 14.7. The molecule has 0 atom stereocenters. The molecule has 0 radical (unpaired) electrons. The lowest BCUT2D eigenvalue weighted by Gasteiger charge is -2.18. The molecule has 3 nitrogen and oxygen atoms in total. The summed E-state index contributed by atoms with van der Waals surface area (Å²) in [5.41, 5.74) is 2.99. The Balaban J connectivity index is 1.61. The van der Waals surface area contributed by atoms with Crippen LogP contribution in [0.1, 0.15) is 23.5 Å². The molecule has 0 bridgehead atoms. The molecular formula is C22H20Cl2N2O. The number of nitrogens with one attached hydrogen (secondary N) is 2. The average molecular weight is 399 g/mol. The standard InChI is InChI=1S/C22H20Cl2N2O/c23-18-11-12-21(20(24)15-18)26-22(27)25-14-13-19(16-7-3-1-4-8-16)17-9-5-2-6-10-17/h1-12,15,19H,13-14H2,(H2,25,26,27). The second-order valence-corrected chi connectivity index (χ2v) is 7.01. The van der Waals surface area contributed by atoms with Crippen molar-refractivity contribution in [3.05, 3.63) is 100 Å². The number of halogens is 2. The SMILES string of the molecule is O=C(NCCC(c1ccccc1)c1ccccc1)Nc1ccc(Cl)cc1Cl. The molecule has 0 spiro atoms. The average Bonchev–Trinajstić information content (AvgIpc) is 2.69. The Kier molecular flexibility index (Phi) is 6.74.